The van der Waals surface area contributed by atoms with E-state index in [1.165, 1.54) is 24.3 Å². The molecule has 26 heavy (non-hydrogen) atoms. The van der Waals surface area contributed by atoms with Crippen LogP contribution in [0.15, 0.2) is 35.2 Å². The van der Waals surface area contributed by atoms with E-state index in [0.29, 0.717) is 0 Å². The summed E-state index contributed by atoms with van der Waals surface area (Å²) in [6.07, 6.45) is 0. The molecule has 0 aliphatic heterocycles. The standard InChI is InChI=1S/C16H16O9S/c17-3-5-24-15(19)11-2-1-10-7-12(16(20)25-6-4-18)9-14(13(10)8-11)26(21,22)23/h1-2,7-9,17-18H,3-6H2,(H,21,22,23). The molecular weight excluding hydrogens is 368 g/mol. The number of carbonyl (C=O) groups is 2. The molecule has 0 saturated carbocycles. The number of hydrogen-bond donors (Lipinski definition) is 3. The predicted molar refractivity (Wildman–Crippen MR) is 88.5 cm³/mol. The Morgan fingerprint density at radius 1 is 0.885 bits per heavy atom. The molecule has 0 aliphatic carbocycles. The van der Waals surface area contributed by atoms with Crippen LogP contribution >= 0.6 is 0 Å². The highest BCUT2D eigenvalue weighted by Gasteiger charge is 2.20. The lowest BCUT2D eigenvalue weighted by atomic mass is 10.0. The Morgan fingerprint density at radius 2 is 1.46 bits per heavy atom. The highest BCUT2D eigenvalue weighted by atomic mass is 32.2. The van der Waals surface area contributed by atoms with Crippen molar-refractivity contribution in [2.24, 2.45) is 0 Å². The predicted octanol–water partition coefficient (Wildman–Crippen LogP) is 0.385. The second-order valence-electron chi connectivity index (χ2n) is 5.10. The monoisotopic (exact) mass is 384 g/mol. The molecule has 0 aromatic heterocycles. The zero-order chi connectivity index (χ0) is 19.3. The van der Waals surface area contributed by atoms with Crippen LogP contribution in [0, 0.1) is 0 Å². The fourth-order valence-corrected chi connectivity index (χ4v) is 2.96. The van der Waals surface area contributed by atoms with Gasteiger partial charge in [-0.25, -0.2) is 9.59 Å². The summed E-state index contributed by atoms with van der Waals surface area (Å²) >= 11 is 0. The summed E-state index contributed by atoms with van der Waals surface area (Å²) in [5.41, 5.74) is -0.138. The van der Waals surface area contributed by atoms with Gasteiger partial charge in [-0.2, -0.15) is 8.42 Å². The lowest BCUT2D eigenvalue weighted by molar-refractivity contribution is 0.0426. The molecule has 0 aliphatic rings. The molecule has 2 aromatic rings. The fourth-order valence-electron chi connectivity index (χ4n) is 2.23. The first-order valence-corrected chi connectivity index (χ1v) is 8.83. The lowest BCUT2D eigenvalue weighted by Gasteiger charge is -2.10. The minimum absolute atomic E-state index is 0.00431. The minimum Gasteiger partial charge on any atom is -0.460 e. The van der Waals surface area contributed by atoms with Crippen LogP contribution in [0.4, 0.5) is 0 Å². The van der Waals surface area contributed by atoms with Crippen LogP contribution in [0.3, 0.4) is 0 Å². The Kier molecular flexibility index (Phi) is 6.27. The van der Waals surface area contributed by atoms with Gasteiger partial charge in [-0.1, -0.05) is 6.07 Å². The van der Waals surface area contributed by atoms with Crippen LogP contribution in [-0.2, 0) is 19.6 Å². The van der Waals surface area contributed by atoms with Crippen LogP contribution in [0.2, 0.25) is 0 Å². The number of hydrogen-bond acceptors (Lipinski definition) is 8. The second-order valence-corrected chi connectivity index (χ2v) is 6.49. The molecular formula is C16H16O9S. The molecule has 2 rings (SSSR count). The van der Waals surface area contributed by atoms with Gasteiger partial charge in [0, 0.05) is 5.39 Å². The van der Waals surface area contributed by atoms with Gasteiger partial charge >= 0.3 is 11.9 Å². The van der Waals surface area contributed by atoms with Crippen molar-refractivity contribution in [3.8, 4) is 0 Å². The van der Waals surface area contributed by atoms with E-state index in [2.05, 4.69) is 0 Å². The van der Waals surface area contributed by atoms with Gasteiger partial charge in [0.25, 0.3) is 10.1 Å². The highest BCUT2D eigenvalue weighted by molar-refractivity contribution is 7.86. The smallest absolute Gasteiger partial charge is 0.338 e. The van der Waals surface area contributed by atoms with Gasteiger partial charge < -0.3 is 19.7 Å². The molecule has 0 radical (unpaired) electrons. The van der Waals surface area contributed by atoms with Crippen LogP contribution in [-0.4, -0.2) is 61.5 Å². The topological polar surface area (TPSA) is 147 Å². The number of benzene rings is 2. The van der Waals surface area contributed by atoms with Crippen molar-refractivity contribution in [2.45, 2.75) is 4.90 Å². The molecule has 0 saturated heterocycles. The number of aliphatic hydroxyl groups excluding tert-OH is 2. The molecule has 0 bridgehead atoms. The average molecular weight is 384 g/mol. The first-order chi connectivity index (χ1) is 12.3. The number of rotatable bonds is 7. The summed E-state index contributed by atoms with van der Waals surface area (Å²) in [7, 11) is -4.71. The Balaban J connectivity index is 2.57. The molecule has 0 fully saturated rings. The molecule has 9 nitrogen and oxygen atoms in total. The van der Waals surface area contributed by atoms with E-state index in [1.54, 1.807) is 0 Å². The van der Waals surface area contributed by atoms with E-state index in [-0.39, 0.29) is 41.7 Å². The van der Waals surface area contributed by atoms with Gasteiger partial charge in [-0.05, 0) is 29.7 Å². The van der Waals surface area contributed by atoms with Crippen molar-refractivity contribution in [2.75, 3.05) is 26.4 Å². The Bertz CT molecular complexity index is 934. The van der Waals surface area contributed by atoms with Gasteiger partial charge in [0.15, 0.2) is 0 Å². The maximum Gasteiger partial charge on any atom is 0.338 e. The highest BCUT2D eigenvalue weighted by Crippen LogP contribution is 2.27. The third-order valence-corrected chi connectivity index (χ3v) is 4.21. The summed E-state index contributed by atoms with van der Waals surface area (Å²) in [6.45, 7) is -1.26. The van der Waals surface area contributed by atoms with E-state index in [4.69, 9.17) is 19.7 Å². The zero-order valence-electron chi connectivity index (χ0n) is 13.4. The summed E-state index contributed by atoms with van der Waals surface area (Å²) in [4.78, 5) is 23.2. The van der Waals surface area contributed by atoms with Crippen molar-refractivity contribution >= 4 is 32.8 Å². The molecule has 140 valence electrons. The quantitative estimate of drug-likeness (QED) is 0.455. The lowest BCUT2D eigenvalue weighted by Crippen LogP contribution is -2.11. The Morgan fingerprint density at radius 3 is 2.00 bits per heavy atom. The molecule has 3 N–H and O–H groups in total. The minimum atomic E-state index is -4.71. The number of carbonyl (C=O) groups excluding carboxylic acids is 2. The van der Waals surface area contributed by atoms with E-state index in [9.17, 15) is 22.6 Å². The van der Waals surface area contributed by atoms with Gasteiger partial charge in [0.2, 0.25) is 0 Å². The zero-order valence-corrected chi connectivity index (χ0v) is 14.2. The summed E-state index contributed by atoms with van der Waals surface area (Å²) in [5, 5.41) is 17.6. The Hall–Kier alpha value is -2.53. The Labute approximate surface area is 148 Å². The average Bonchev–Trinajstić information content (AvgIpc) is 2.61. The van der Waals surface area contributed by atoms with Crippen LogP contribution in [0.25, 0.3) is 10.8 Å². The van der Waals surface area contributed by atoms with Crippen LogP contribution < -0.4 is 0 Å². The first kappa shape index (κ1) is 19.8. The van der Waals surface area contributed by atoms with Crippen molar-refractivity contribution < 1.29 is 42.2 Å². The number of esters is 2. The maximum absolute atomic E-state index is 11.9. The van der Waals surface area contributed by atoms with Crippen molar-refractivity contribution in [3.63, 3.8) is 0 Å². The third kappa shape index (κ3) is 4.55. The molecule has 0 heterocycles. The van der Waals surface area contributed by atoms with Gasteiger partial charge in [0.05, 0.1) is 24.3 Å². The molecule has 0 atom stereocenters. The van der Waals surface area contributed by atoms with Crippen LogP contribution in [0.5, 0.6) is 0 Å². The van der Waals surface area contributed by atoms with Gasteiger partial charge in [-0.15, -0.1) is 0 Å². The van der Waals surface area contributed by atoms with Crippen molar-refractivity contribution in [1.82, 2.24) is 0 Å². The normalized spacial score (nSPS) is 11.3. The fraction of sp³-hybridized carbons (Fsp3) is 0.250. The van der Waals surface area contributed by atoms with Crippen molar-refractivity contribution in [1.29, 1.82) is 0 Å². The van der Waals surface area contributed by atoms with Crippen LogP contribution in [0.1, 0.15) is 20.7 Å². The summed E-state index contributed by atoms with van der Waals surface area (Å²) < 4.78 is 42.4. The first-order valence-electron chi connectivity index (χ1n) is 7.39. The SMILES string of the molecule is O=C(OCCO)c1cc(S(=O)(=O)O)c2cc(C(=O)OCCO)ccc2c1. The van der Waals surface area contributed by atoms with Crippen molar-refractivity contribution in [3.05, 3.63) is 41.5 Å². The largest absolute Gasteiger partial charge is 0.460 e. The van der Waals surface area contributed by atoms with E-state index >= 15 is 0 Å². The summed E-state index contributed by atoms with van der Waals surface area (Å²) in [5.74, 6) is -1.66. The molecule has 0 amide bonds. The number of aliphatic hydroxyl groups is 2. The molecule has 2 aromatic carbocycles. The summed E-state index contributed by atoms with van der Waals surface area (Å²) in [6, 6.07) is 6.16. The van der Waals surface area contributed by atoms with Gasteiger partial charge in [0.1, 0.15) is 18.1 Å². The molecule has 0 unspecified atom stereocenters. The molecule has 0 spiro atoms. The van der Waals surface area contributed by atoms with E-state index < -0.39 is 33.6 Å². The maximum atomic E-state index is 11.9. The number of ether oxygens (including phenoxy) is 2. The number of fused-ring (bicyclic) bond motifs is 1. The second kappa shape index (κ2) is 8.23. The van der Waals surface area contributed by atoms with E-state index in [0.717, 1.165) is 6.07 Å². The molecule has 10 heteroatoms. The van der Waals surface area contributed by atoms with E-state index in [1.807, 2.05) is 0 Å². The third-order valence-electron chi connectivity index (χ3n) is 3.31. The van der Waals surface area contributed by atoms with Gasteiger partial charge in [-0.3, -0.25) is 4.55 Å².